The zero-order valence-corrected chi connectivity index (χ0v) is 9.65. The Morgan fingerprint density at radius 1 is 1.00 bits per heavy atom. The summed E-state index contributed by atoms with van der Waals surface area (Å²) >= 11 is 3.77. The van der Waals surface area contributed by atoms with E-state index >= 15 is 0 Å². The fourth-order valence-electron chi connectivity index (χ4n) is 1.52. The summed E-state index contributed by atoms with van der Waals surface area (Å²) in [5.41, 5.74) is 0. The van der Waals surface area contributed by atoms with Crippen molar-refractivity contribution in [2.45, 2.75) is 57.7 Å². The van der Waals surface area contributed by atoms with Gasteiger partial charge in [-0.25, -0.2) is 0 Å². The van der Waals surface area contributed by atoms with Gasteiger partial charge in [0.25, 0.3) is 0 Å². The molecule has 0 N–H and O–H groups in total. The van der Waals surface area contributed by atoms with Crippen LogP contribution in [0.2, 0.25) is 0 Å². The summed E-state index contributed by atoms with van der Waals surface area (Å²) < 4.78 is 0. The third-order valence-corrected chi connectivity index (χ3v) is 3.47. The SMILES string of the molecule is CCCC(Br)C(CC)CCC. The third-order valence-electron chi connectivity index (χ3n) is 2.26. The summed E-state index contributed by atoms with van der Waals surface area (Å²) in [5.74, 6) is 0.903. The minimum atomic E-state index is 0.762. The molecule has 0 nitrogen and oxygen atoms in total. The van der Waals surface area contributed by atoms with Gasteiger partial charge < -0.3 is 0 Å². The third kappa shape index (κ3) is 4.84. The smallest absolute Gasteiger partial charge is 0.0173 e. The van der Waals surface area contributed by atoms with Gasteiger partial charge >= 0.3 is 0 Å². The molecule has 0 spiro atoms. The van der Waals surface area contributed by atoms with Gasteiger partial charge in [-0.05, 0) is 18.8 Å². The molecular weight excluding hydrogens is 200 g/mol. The van der Waals surface area contributed by atoms with E-state index in [4.69, 9.17) is 0 Å². The Bertz CT molecular complexity index is 80.9. The highest BCUT2D eigenvalue weighted by molar-refractivity contribution is 9.09. The molecule has 0 bridgehead atoms. The first-order valence-electron chi connectivity index (χ1n) is 4.90. The molecule has 2 atom stereocenters. The molecule has 0 aromatic rings. The van der Waals surface area contributed by atoms with E-state index in [1.54, 1.807) is 0 Å². The van der Waals surface area contributed by atoms with Crippen LogP contribution in [0.1, 0.15) is 52.9 Å². The van der Waals surface area contributed by atoms with Gasteiger partial charge in [0.1, 0.15) is 0 Å². The molecule has 0 fully saturated rings. The second-order valence-electron chi connectivity index (χ2n) is 3.26. The molecular formula is C10H21Br. The van der Waals surface area contributed by atoms with Crippen molar-refractivity contribution < 1.29 is 0 Å². The van der Waals surface area contributed by atoms with E-state index in [0.29, 0.717) is 0 Å². The molecule has 68 valence electrons. The number of halogens is 1. The quantitative estimate of drug-likeness (QED) is 0.584. The molecule has 0 radical (unpaired) electrons. The lowest BCUT2D eigenvalue weighted by Gasteiger charge is -2.19. The summed E-state index contributed by atoms with van der Waals surface area (Å²) in [6.45, 7) is 6.82. The maximum absolute atomic E-state index is 3.77. The predicted octanol–water partition coefficient (Wildman–Crippen LogP) is 4.38. The summed E-state index contributed by atoms with van der Waals surface area (Å²) in [6, 6.07) is 0. The molecule has 0 saturated carbocycles. The first kappa shape index (κ1) is 11.5. The number of hydrogen-bond donors (Lipinski definition) is 0. The summed E-state index contributed by atoms with van der Waals surface area (Å²) in [7, 11) is 0. The Hall–Kier alpha value is 0.480. The molecule has 1 heteroatoms. The normalized spacial score (nSPS) is 16.4. The van der Waals surface area contributed by atoms with E-state index in [2.05, 4.69) is 36.7 Å². The van der Waals surface area contributed by atoms with Crippen molar-refractivity contribution in [1.82, 2.24) is 0 Å². The van der Waals surface area contributed by atoms with Crippen LogP contribution in [0.4, 0.5) is 0 Å². The molecule has 0 amide bonds. The van der Waals surface area contributed by atoms with Crippen LogP contribution < -0.4 is 0 Å². The van der Waals surface area contributed by atoms with Crippen LogP contribution in [0.25, 0.3) is 0 Å². The minimum absolute atomic E-state index is 0.762. The first-order chi connectivity index (χ1) is 5.26. The topological polar surface area (TPSA) is 0 Å². The Morgan fingerprint density at radius 3 is 1.91 bits per heavy atom. The van der Waals surface area contributed by atoms with Crippen molar-refractivity contribution in [2.24, 2.45) is 5.92 Å². The van der Waals surface area contributed by atoms with Crippen molar-refractivity contribution in [3.63, 3.8) is 0 Å². The van der Waals surface area contributed by atoms with Crippen LogP contribution in [0.3, 0.4) is 0 Å². The van der Waals surface area contributed by atoms with Crippen molar-refractivity contribution in [2.75, 3.05) is 0 Å². The highest BCUT2D eigenvalue weighted by Gasteiger charge is 2.14. The van der Waals surface area contributed by atoms with Gasteiger partial charge in [-0.3, -0.25) is 0 Å². The fraction of sp³-hybridized carbons (Fsp3) is 1.00. The molecule has 0 saturated heterocycles. The molecule has 0 heterocycles. The highest BCUT2D eigenvalue weighted by Crippen LogP contribution is 2.25. The molecule has 0 aromatic heterocycles. The molecule has 0 rings (SSSR count). The van der Waals surface area contributed by atoms with Crippen LogP contribution in [-0.4, -0.2) is 4.83 Å². The van der Waals surface area contributed by atoms with Crippen LogP contribution in [0, 0.1) is 5.92 Å². The second kappa shape index (κ2) is 7.15. The Kier molecular flexibility index (Phi) is 7.46. The monoisotopic (exact) mass is 220 g/mol. The van der Waals surface area contributed by atoms with Gasteiger partial charge in [0.15, 0.2) is 0 Å². The summed E-state index contributed by atoms with van der Waals surface area (Å²) in [6.07, 6.45) is 6.66. The summed E-state index contributed by atoms with van der Waals surface area (Å²) in [4.78, 5) is 0.762. The average molecular weight is 221 g/mol. The van der Waals surface area contributed by atoms with E-state index in [0.717, 1.165) is 10.7 Å². The van der Waals surface area contributed by atoms with Crippen molar-refractivity contribution in [1.29, 1.82) is 0 Å². The standard InChI is InChI=1S/C10H21Br/c1-4-7-9(6-3)10(11)8-5-2/h9-10H,4-8H2,1-3H3. The molecule has 2 unspecified atom stereocenters. The molecule has 11 heavy (non-hydrogen) atoms. The lowest BCUT2D eigenvalue weighted by atomic mass is 9.95. The lowest BCUT2D eigenvalue weighted by molar-refractivity contribution is 0.435. The first-order valence-corrected chi connectivity index (χ1v) is 5.81. The van der Waals surface area contributed by atoms with Gasteiger partial charge in [-0.2, -0.15) is 0 Å². The number of rotatable bonds is 6. The molecule has 0 aliphatic carbocycles. The van der Waals surface area contributed by atoms with Crippen LogP contribution in [0.15, 0.2) is 0 Å². The lowest BCUT2D eigenvalue weighted by Crippen LogP contribution is -2.12. The van der Waals surface area contributed by atoms with E-state index < -0.39 is 0 Å². The zero-order chi connectivity index (χ0) is 8.69. The van der Waals surface area contributed by atoms with Crippen LogP contribution in [-0.2, 0) is 0 Å². The van der Waals surface area contributed by atoms with Crippen LogP contribution >= 0.6 is 15.9 Å². The molecule has 0 aliphatic heterocycles. The zero-order valence-electron chi connectivity index (χ0n) is 8.07. The van der Waals surface area contributed by atoms with Gasteiger partial charge in [0.05, 0.1) is 0 Å². The Balaban J connectivity index is 3.61. The van der Waals surface area contributed by atoms with Gasteiger partial charge in [0, 0.05) is 4.83 Å². The van der Waals surface area contributed by atoms with Gasteiger partial charge in [-0.1, -0.05) is 56.0 Å². The molecule has 0 aromatic carbocycles. The Morgan fingerprint density at radius 2 is 1.55 bits per heavy atom. The maximum Gasteiger partial charge on any atom is 0.0173 e. The van der Waals surface area contributed by atoms with E-state index in [1.807, 2.05) is 0 Å². The second-order valence-corrected chi connectivity index (χ2v) is 4.44. The van der Waals surface area contributed by atoms with Crippen LogP contribution in [0.5, 0.6) is 0 Å². The predicted molar refractivity (Wildman–Crippen MR) is 56.3 cm³/mol. The maximum atomic E-state index is 3.77. The number of hydrogen-bond acceptors (Lipinski definition) is 0. The van der Waals surface area contributed by atoms with Crippen molar-refractivity contribution >= 4 is 15.9 Å². The number of alkyl halides is 1. The fourth-order valence-corrected chi connectivity index (χ4v) is 2.62. The van der Waals surface area contributed by atoms with Gasteiger partial charge in [-0.15, -0.1) is 0 Å². The van der Waals surface area contributed by atoms with Gasteiger partial charge in [0.2, 0.25) is 0 Å². The highest BCUT2D eigenvalue weighted by atomic mass is 79.9. The van der Waals surface area contributed by atoms with E-state index in [-0.39, 0.29) is 0 Å². The van der Waals surface area contributed by atoms with E-state index in [9.17, 15) is 0 Å². The van der Waals surface area contributed by atoms with E-state index in [1.165, 1.54) is 32.1 Å². The van der Waals surface area contributed by atoms with Crippen molar-refractivity contribution in [3.8, 4) is 0 Å². The summed E-state index contributed by atoms with van der Waals surface area (Å²) in [5, 5.41) is 0. The average Bonchev–Trinajstić information content (AvgIpc) is 2.00. The van der Waals surface area contributed by atoms with Crippen molar-refractivity contribution in [3.05, 3.63) is 0 Å². The molecule has 0 aliphatic rings. The largest absolute Gasteiger partial charge is 0.0888 e. The Labute approximate surface area is 79.9 Å². The minimum Gasteiger partial charge on any atom is -0.0888 e.